The van der Waals surface area contributed by atoms with Crippen LogP contribution in [-0.4, -0.2) is 5.11 Å². The van der Waals surface area contributed by atoms with Gasteiger partial charge in [0.1, 0.15) is 5.75 Å². The third-order valence-corrected chi connectivity index (χ3v) is 9.68. The van der Waals surface area contributed by atoms with Crippen molar-refractivity contribution in [2.24, 2.45) is 0 Å². The molecule has 0 aliphatic heterocycles. The number of benzene rings is 4. The van der Waals surface area contributed by atoms with Gasteiger partial charge >= 0.3 is 0 Å². The van der Waals surface area contributed by atoms with E-state index in [-0.39, 0.29) is 0 Å². The molecule has 1 heteroatoms. The van der Waals surface area contributed by atoms with E-state index in [1.165, 1.54) is 109 Å². The van der Waals surface area contributed by atoms with Gasteiger partial charge in [-0.2, -0.15) is 0 Å². The lowest BCUT2D eigenvalue weighted by Crippen LogP contribution is -2.12. The van der Waals surface area contributed by atoms with Gasteiger partial charge in [0.15, 0.2) is 0 Å². The van der Waals surface area contributed by atoms with Crippen LogP contribution in [0.5, 0.6) is 5.75 Å². The molecule has 2 aliphatic carbocycles. The summed E-state index contributed by atoms with van der Waals surface area (Å²) >= 11 is 0. The first-order valence-corrected chi connectivity index (χ1v) is 15.4. The summed E-state index contributed by atoms with van der Waals surface area (Å²) in [7, 11) is 0. The number of phenolic OH excluding ortho intramolecular Hbond substituents is 1. The van der Waals surface area contributed by atoms with Crippen molar-refractivity contribution in [2.45, 2.75) is 99.8 Å². The van der Waals surface area contributed by atoms with Crippen molar-refractivity contribution >= 4 is 0 Å². The van der Waals surface area contributed by atoms with Crippen LogP contribution >= 0.6 is 0 Å². The van der Waals surface area contributed by atoms with Crippen LogP contribution < -0.4 is 0 Å². The number of aryl methyl sites for hydroxylation is 8. The summed E-state index contributed by atoms with van der Waals surface area (Å²) in [5.74, 6) is 0.487. The van der Waals surface area contributed by atoms with E-state index in [2.05, 4.69) is 84.9 Å². The first kappa shape index (κ1) is 26.9. The molecule has 1 nitrogen and oxygen atoms in total. The highest BCUT2D eigenvalue weighted by Gasteiger charge is 2.29. The molecule has 1 N–H and O–H groups in total. The molecule has 0 unspecified atom stereocenters. The highest BCUT2D eigenvalue weighted by atomic mass is 16.3. The number of fused-ring (bicyclic) bond motifs is 2. The summed E-state index contributed by atoms with van der Waals surface area (Å²) in [4.78, 5) is 0. The van der Waals surface area contributed by atoms with Crippen molar-refractivity contribution in [3.05, 3.63) is 97.6 Å². The molecule has 0 radical (unpaired) electrons. The SMILES string of the molecule is Cc1cc(C)c(-c2cc3c(c(-c4c(O)c(-c5c(C)cc(C)cc5C)cc5c4CCCC5)c2C)CCCC3)c(C)c1. The summed E-state index contributed by atoms with van der Waals surface area (Å²) in [5.41, 5.74) is 22.3. The molecular weight excluding hydrogens is 484 g/mol. The smallest absolute Gasteiger partial charge is 0.131 e. The fourth-order valence-electron chi connectivity index (χ4n) is 8.18. The molecule has 0 aromatic heterocycles. The Bertz CT molecular complexity index is 1490. The second-order valence-corrected chi connectivity index (χ2v) is 12.8. The summed E-state index contributed by atoms with van der Waals surface area (Å²) in [6.45, 7) is 15.6. The minimum absolute atomic E-state index is 0.487. The summed E-state index contributed by atoms with van der Waals surface area (Å²) < 4.78 is 0. The highest BCUT2D eigenvalue weighted by Crippen LogP contribution is 2.51. The predicted octanol–water partition coefficient (Wildman–Crippen LogP) is 10.3. The van der Waals surface area contributed by atoms with Gasteiger partial charge in [-0.15, -0.1) is 0 Å². The number of rotatable bonds is 3. The van der Waals surface area contributed by atoms with Gasteiger partial charge in [-0.1, -0.05) is 41.5 Å². The minimum Gasteiger partial charge on any atom is -0.507 e. The van der Waals surface area contributed by atoms with Gasteiger partial charge in [-0.05, 0) is 178 Å². The van der Waals surface area contributed by atoms with Crippen molar-refractivity contribution in [2.75, 3.05) is 0 Å². The van der Waals surface area contributed by atoms with Crippen LogP contribution in [0.15, 0.2) is 36.4 Å². The Morgan fingerprint density at radius 3 is 1.35 bits per heavy atom. The maximum absolute atomic E-state index is 12.4. The fourth-order valence-corrected chi connectivity index (χ4v) is 8.18. The van der Waals surface area contributed by atoms with Crippen LogP contribution in [0, 0.1) is 48.5 Å². The van der Waals surface area contributed by atoms with E-state index in [4.69, 9.17) is 0 Å². The summed E-state index contributed by atoms with van der Waals surface area (Å²) in [5, 5.41) is 12.4. The molecule has 0 atom stereocenters. The maximum atomic E-state index is 12.4. The van der Waals surface area contributed by atoms with Gasteiger partial charge in [0.05, 0.1) is 0 Å². The molecule has 0 saturated heterocycles. The molecular formula is C39H44O. The summed E-state index contributed by atoms with van der Waals surface area (Å²) in [6, 6.07) is 14.0. The van der Waals surface area contributed by atoms with Crippen LogP contribution in [0.1, 0.15) is 86.9 Å². The van der Waals surface area contributed by atoms with Crippen LogP contribution in [-0.2, 0) is 25.7 Å². The zero-order valence-corrected chi connectivity index (χ0v) is 25.6. The number of hydrogen-bond acceptors (Lipinski definition) is 1. The Balaban J connectivity index is 1.72. The van der Waals surface area contributed by atoms with Crippen molar-refractivity contribution < 1.29 is 5.11 Å². The third kappa shape index (κ3) is 4.39. The number of hydrogen-bond donors (Lipinski definition) is 1. The van der Waals surface area contributed by atoms with E-state index in [1.807, 2.05) is 0 Å². The second kappa shape index (κ2) is 10.3. The van der Waals surface area contributed by atoms with Crippen molar-refractivity contribution in [3.63, 3.8) is 0 Å². The average Bonchev–Trinajstić information content (AvgIpc) is 2.89. The minimum atomic E-state index is 0.487. The van der Waals surface area contributed by atoms with Crippen molar-refractivity contribution in [1.29, 1.82) is 0 Å². The second-order valence-electron chi connectivity index (χ2n) is 12.8. The van der Waals surface area contributed by atoms with E-state index >= 15 is 0 Å². The Hall–Kier alpha value is -3.32. The lowest BCUT2D eigenvalue weighted by atomic mass is 9.75. The zero-order valence-electron chi connectivity index (χ0n) is 25.6. The van der Waals surface area contributed by atoms with E-state index in [1.54, 1.807) is 0 Å². The van der Waals surface area contributed by atoms with Crippen LogP contribution in [0.4, 0.5) is 0 Å². The molecule has 0 amide bonds. The van der Waals surface area contributed by atoms with Gasteiger partial charge in [0, 0.05) is 11.1 Å². The van der Waals surface area contributed by atoms with Gasteiger partial charge in [-0.25, -0.2) is 0 Å². The number of aromatic hydroxyl groups is 1. The fraction of sp³-hybridized carbons (Fsp3) is 0.385. The summed E-state index contributed by atoms with van der Waals surface area (Å²) in [6.07, 6.45) is 9.24. The Kier molecular flexibility index (Phi) is 6.89. The number of phenols is 1. The zero-order chi connectivity index (χ0) is 28.3. The largest absolute Gasteiger partial charge is 0.507 e. The normalized spacial score (nSPS) is 14.7. The van der Waals surface area contributed by atoms with E-state index in [9.17, 15) is 5.11 Å². The van der Waals surface area contributed by atoms with Gasteiger partial charge in [0.25, 0.3) is 0 Å². The van der Waals surface area contributed by atoms with Gasteiger partial charge < -0.3 is 5.11 Å². The Labute approximate surface area is 241 Å². The average molecular weight is 529 g/mol. The van der Waals surface area contributed by atoms with Crippen LogP contribution in [0.2, 0.25) is 0 Å². The quantitative estimate of drug-likeness (QED) is 0.280. The first-order valence-electron chi connectivity index (χ1n) is 15.4. The third-order valence-electron chi connectivity index (χ3n) is 9.68. The standard InChI is InChI=1S/C39H44O/c1-22-16-24(3)35(25(4)17-22)33-20-29-12-8-10-14-31(29)37(28(33)7)38-32-15-11-9-13-30(32)21-34(39(38)40)36-26(5)18-23(2)19-27(36)6/h16-21,40H,8-15H2,1-7H3. The van der Waals surface area contributed by atoms with Crippen LogP contribution in [0.25, 0.3) is 33.4 Å². The molecule has 6 rings (SSSR count). The lowest BCUT2D eigenvalue weighted by molar-refractivity contribution is 0.477. The molecule has 2 aliphatic rings. The van der Waals surface area contributed by atoms with Crippen LogP contribution in [0.3, 0.4) is 0 Å². The molecule has 206 valence electrons. The molecule has 0 fully saturated rings. The van der Waals surface area contributed by atoms with E-state index < -0.39 is 0 Å². The molecule has 0 heterocycles. The highest BCUT2D eigenvalue weighted by molar-refractivity contribution is 5.93. The molecule has 0 bridgehead atoms. The van der Waals surface area contributed by atoms with Gasteiger partial charge in [0.2, 0.25) is 0 Å². The maximum Gasteiger partial charge on any atom is 0.131 e. The monoisotopic (exact) mass is 528 g/mol. The van der Waals surface area contributed by atoms with E-state index in [0.29, 0.717) is 5.75 Å². The first-order chi connectivity index (χ1) is 19.2. The molecule has 0 saturated carbocycles. The molecule has 4 aromatic carbocycles. The van der Waals surface area contributed by atoms with E-state index in [0.717, 1.165) is 36.8 Å². The Morgan fingerprint density at radius 1 is 0.450 bits per heavy atom. The molecule has 40 heavy (non-hydrogen) atoms. The van der Waals surface area contributed by atoms with Gasteiger partial charge in [-0.3, -0.25) is 0 Å². The van der Waals surface area contributed by atoms with Crippen molar-refractivity contribution in [3.8, 4) is 39.1 Å². The molecule has 4 aromatic rings. The topological polar surface area (TPSA) is 20.2 Å². The van der Waals surface area contributed by atoms with Crippen molar-refractivity contribution in [1.82, 2.24) is 0 Å². The predicted molar refractivity (Wildman–Crippen MR) is 171 cm³/mol. The Morgan fingerprint density at radius 2 is 0.850 bits per heavy atom. The lowest BCUT2D eigenvalue weighted by Gasteiger charge is -2.30. The molecule has 0 spiro atoms.